The van der Waals surface area contributed by atoms with Crippen LogP contribution in [-0.4, -0.2) is 44.2 Å². The lowest BCUT2D eigenvalue weighted by atomic mass is 10.0. The topological polar surface area (TPSA) is 60.2 Å². The Morgan fingerprint density at radius 1 is 1.31 bits per heavy atom. The van der Waals surface area contributed by atoms with Crippen molar-refractivity contribution in [3.63, 3.8) is 0 Å². The van der Waals surface area contributed by atoms with Gasteiger partial charge in [-0.2, -0.15) is 13.2 Å². The molecule has 1 amide bonds. The Hall–Kier alpha value is -2.03. The number of likely N-dealkylation sites (tertiary alicyclic amines) is 1. The number of ether oxygens (including phenoxy) is 1. The number of carbonyl (C=O) groups is 1. The van der Waals surface area contributed by atoms with Crippen LogP contribution in [0.15, 0.2) is 12.4 Å². The molecule has 2 aromatic heterocycles. The van der Waals surface area contributed by atoms with E-state index in [0.717, 1.165) is 17.0 Å². The van der Waals surface area contributed by atoms with Gasteiger partial charge in [0.15, 0.2) is 0 Å². The van der Waals surface area contributed by atoms with Gasteiger partial charge in [-0.25, -0.2) is 14.8 Å². The fourth-order valence-corrected chi connectivity index (χ4v) is 3.05. The van der Waals surface area contributed by atoms with Gasteiger partial charge < -0.3 is 14.2 Å². The number of nitrogens with zero attached hydrogens (tertiary/aromatic N) is 4. The van der Waals surface area contributed by atoms with E-state index in [1.807, 2.05) is 0 Å². The molecule has 3 heterocycles. The molecule has 6 nitrogen and oxygen atoms in total. The van der Waals surface area contributed by atoms with Crippen LogP contribution in [0, 0.1) is 5.92 Å². The summed E-state index contributed by atoms with van der Waals surface area (Å²) in [5.41, 5.74) is -1.31. The molecule has 0 saturated carbocycles. The second kappa shape index (κ2) is 6.29. The van der Waals surface area contributed by atoms with Crippen LogP contribution in [0.1, 0.15) is 26.5 Å². The van der Waals surface area contributed by atoms with Crippen LogP contribution in [0.3, 0.4) is 0 Å². The largest absolute Gasteiger partial charge is 0.444 e. The number of aromatic nitrogens is 3. The lowest BCUT2D eigenvalue weighted by Crippen LogP contribution is -2.52. The summed E-state index contributed by atoms with van der Waals surface area (Å²) < 4.78 is 46.5. The van der Waals surface area contributed by atoms with Crippen LogP contribution in [0.2, 0.25) is 5.15 Å². The molecule has 142 valence electrons. The summed E-state index contributed by atoms with van der Waals surface area (Å²) in [4.78, 5) is 21.1. The minimum absolute atomic E-state index is 0.0248. The first-order valence-corrected chi connectivity index (χ1v) is 8.38. The van der Waals surface area contributed by atoms with E-state index >= 15 is 0 Å². The van der Waals surface area contributed by atoms with Crippen LogP contribution in [0.5, 0.6) is 0 Å². The van der Waals surface area contributed by atoms with Crippen molar-refractivity contribution in [2.24, 2.45) is 5.92 Å². The smallest absolute Gasteiger partial charge is 0.431 e. The summed E-state index contributed by atoms with van der Waals surface area (Å²) in [6.07, 6.45) is -3.87. The van der Waals surface area contributed by atoms with E-state index in [9.17, 15) is 18.0 Å². The monoisotopic (exact) mass is 390 g/mol. The van der Waals surface area contributed by atoms with Crippen molar-refractivity contribution in [1.29, 1.82) is 0 Å². The average molecular weight is 391 g/mol. The maximum Gasteiger partial charge on any atom is 0.431 e. The van der Waals surface area contributed by atoms with E-state index in [1.54, 1.807) is 20.8 Å². The van der Waals surface area contributed by atoms with Gasteiger partial charge in [-0.1, -0.05) is 11.6 Å². The zero-order valence-electron chi connectivity index (χ0n) is 14.5. The van der Waals surface area contributed by atoms with Gasteiger partial charge in [0.05, 0.1) is 5.39 Å². The number of rotatable bonds is 2. The summed E-state index contributed by atoms with van der Waals surface area (Å²) in [6, 6.07) is 0.960. The van der Waals surface area contributed by atoms with Crippen molar-refractivity contribution in [3.05, 3.63) is 23.2 Å². The van der Waals surface area contributed by atoms with Gasteiger partial charge in [-0.3, -0.25) is 0 Å². The highest BCUT2D eigenvalue weighted by Crippen LogP contribution is 2.36. The number of hydrogen-bond acceptors (Lipinski definition) is 4. The SMILES string of the molecule is CC(C)(C)OC(=O)N1CC(Cn2c(C(F)(F)F)cc3c(Cl)ncnc32)C1. The maximum absolute atomic E-state index is 13.4. The van der Waals surface area contributed by atoms with Crippen molar-refractivity contribution in [1.82, 2.24) is 19.4 Å². The molecule has 0 atom stereocenters. The number of fused-ring (bicyclic) bond motifs is 1. The van der Waals surface area contributed by atoms with Gasteiger partial charge in [-0.15, -0.1) is 0 Å². The summed E-state index contributed by atoms with van der Waals surface area (Å²) in [6.45, 7) is 5.99. The van der Waals surface area contributed by atoms with Crippen LogP contribution in [-0.2, 0) is 17.5 Å². The maximum atomic E-state index is 13.4. The van der Waals surface area contributed by atoms with E-state index < -0.39 is 23.6 Å². The highest BCUT2D eigenvalue weighted by Gasteiger charge is 2.39. The Kier molecular flexibility index (Phi) is 4.54. The molecule has 0 aromatic carbocycles. The molecule has 0 aliphatic carbocycles. The lowest BCUT2D eigenvalue weighted by molar-refractivity contribution is -0.143. The van der Waals surface area contributed by atoms with Crippen LogP contribution < -0.4 is 0 Å². The van der Waals surface area contributed by atoms with E-state index in [4.69, 9.17) is 16.3 Å². The molecule has 0 bridgehead atoms. The Morgan fingerprint density at radius 3 is 2.54 bits per heavy atom. The molecule has 1 fully saturated rings. The highest BCUT2D eigenvalue weighted by molar-refractivity contribution is 6.33. The summed E-state index contributed by atoms with van der Waals surface area (Å²) in [5, 5.41) is 0.132. The molecule has 10 heteroatoms. The minimum Gasteiger partial charge on any atom is -0.444 e. The molecule has 1 aliphatic rings. The molecule has 26 heavy (non-hydrogen) atoms. The number of hydrogen-bond donors (Lipinski definition) is 0. The standard InChI is InChI=1S/C16H18ClF3N4O2/c1-15(2,3)26-14(25)23-5-9(6-23)7-24-11(16(18,19)20)4-10-12(17)21-8-22-13(10)24/h4,8-9H,5-7H2,1-3H3. The van der Waals surface area contributed by atoms with Crippen LogP contribution in [0.25, 0.3) is 11.0 Å². The first-order chi connectivity index (χ1) is 12.0. The number of amides is 1. The molecular weight excluding hydrogens is 373 g/mol. The van der Waals surface area contributed by atoms with E-state index in [0.29, 0.717) is 13.1 Å². The van der Waals surface area contributed by atoms with Gasteiger partial charge in [-0.05, 0) is 26.8 Å². The van der Waals surface area contributed by atoms with Crippen molar-refractivity contribution < 1.29 is 22.7 Å². The number of carbonyl (C=O) groups excluding carboxylic acids is 1. The Balaban J connectivity index is 1.78. The van der Waals surface area contributed by atoms with Gasteiger partial charge in [0.2, 0.25) is 0 Å². The fraction of sp³-hybridized carbons (Fsp3) is 0.562. The Morgan fingerprint density at radius 2 is 1.96 bits per heavy atom. The molecule has 0 unspecified atom stereocenters. The molecule has 0 radical (unpaired) electrons. The van der Waals surface area contributed by atoms with Crippen molar-refractivity contribution in [2.45, 2.75) is 39.1 Å². The normalized spacial score (nSPS) is 16.0. The minimum atomic E-state index is -4.54. The summed E-state index contributed by atoms with van der Waals surface area (Å²) in [7, 11) is 0. The first kappa shape index (κ1) is 18.8. The van der Waals surface area contributed by atoms with Gasteiger partial charge in [0.25, 0.3) is 0 Å². The molecule has 1 aliphatic heterocycles. The Labute approximate surface area is 152 Å². The van der Waals surface area contributed by atoms with Crippen LogP contribution >= 0.6 is 11.6 Å². The zero-order chi connectivity index (χ0) is 19.3. The van der Waals surface area contributed by atoms with Crippen molar-refractivity contribution >= 4 is 28.7 Å². The molecule has 1 saturated heterocycles. The van der Waals surface area contributed by atoms with Gasteiger partial charge in [0.1, 0.15) is 28.4 Å². The third-order valence-corrected chi connectivity index (χ3v) is 4.28. The quantitative estimate of drug-likeness (QED) is 0.728. The number of halogens is 4. The molecular formula is C16H18ClF3N4O2. The lowest BCUT2D eigenvalue weighted by Gasteiger charge is -2.40. The zero-order valence-corrected chi connectivity index (χ0v) is 15.2. The summed E-state index contributed by atoms with van der Waals surface area (Å²) >= 11 is 5.90. The van der Waals surface area contributed by atoms with Crippen molar-refractivity contribution in [2.75, 3.05) is 13.1 Å². The van der Waals surface area contributed by atoms with Gasteiger partial charge >= 0.3 is 12.3 Å². The number of alkyl halides is 3. The van der Waals surface area contributed by atoms with Crippen molar-refractivity contribution in [3.8, 4) is 0 Å². The third-order valence-electron chi connectivity index (χ3n) is 3.98. The van der Waals surface area contributed by atoms with Crippen LogP contribution in [0.4, 0.5) is 18.0 Å². The molecule has 2 aromatic rings. The summed E-state index contributed by atoms with van der Waals surface area (Å²) in [5.74, 6) is -0.132. The van der Waals surface area contributed by atoms with Gasteiger partial charge in [0, 0.05) is 25.6 Å². The predicted molar refractivity (Wildman–Crippen MR) is 88.8 cm³/mol. The molecule has 0 N–H and O–H groups in total. The fourth-order valence-electron chi connectivity index (χ4n) is 2.87. The Bertz CT molecular complexity index is 838. The molecule has 0 spiro atoms. The van der Waals surface area contributed by atoms with E-state index in [2.05, 4.69) is 9.97 Å². The second-order valence-electron chi connectivity index (χ2n) is 7.29. The highest BCUT2D eigenvalue weighted by atomic mass is 35.5. The second-order valence-corrected chi connectivity index (χ2v) is 7.65. The third kappa shape index (κ3) is 3.72. The van der Waals surface area contributed by atoms with E-state index in [-0.39, 0.29) is 28.6 Å². The predicted octanol–water partition coefficient (Wildman–Crippen LogP) is 3.97. The molecule has 3 rings (SSSR count). The first-order valence-electron chi connectivity index (χ1n) is 8.00. The average Bonchev–Trinajstić information content (AvgIpc) is 2.80. The van der Waals surface area contributed by atoms with E-state index in [1.165, 1.54) is 4.90 Å².